The van der Waals surface area contributed by atoms with Crippen LogP contribution in [0.4, 0.5) is 0 Å². The van der Waals surface area contributed by atoms with E-state index in [0.717, 1.165) is 6.42 Å². The van der Waals surface area contributed by atoms with Gasteiger partial charge in [0.05, 0.1) is 6.61 Å². The average Bonchev–Trinajstić information content (AvgIpc) is 2.34. The molecule has 1 unspecified atom stereocenters. The van der Waals surface area contributed by atoms with Gasteiger partial charge in [-0.05, 0) is 12.3 Å². The summed E-state index contributed by atoms with van der Waals surface area (Å²) in [6.45, 7) is -0.565. The van der Waals surface area contributed by atoms with Crippen LogP contribution in [-0.2, 0) is 9.59 Å². The fourth-order valence-electron chi connectivity index (χ4n) is 2.26. The number of carbonyl (C=O) groups excluding carboxylic acids is 1. The van der Waals surface area contributed by atoms with E-state index in [4.69, 9.17) is 10.2 Å². The number of rotatable bonds is 6. The lowest BCUT2D eigenvalue weighted by Crippen LogP contribution is -2.43. The van der Waals surface area contributed by atoms with Crippen LogP contribution in [0.1, 0.15) is 44.9 Å². The molecule has 0 heterocycles. The van der Waals surface area contributed by atoms with Crippen molar-refractivity contribution in [1.29, 1.82) is 0 Å². The number of amides is 1. The molecule has 0 radical (unpaired) electrons. The first-order valence-electron chi connectivity index (χ1n) is 6.26. The lowest BCUT2D eigenvalue weighted by Gasteiger charge is -2.21. The van der Waals surface area contributed by atoms with Crippen molar-refractivity contribution in [2.45, 2.75) is 51.0 Å². The van der Waals surface area contributed by atoms with Gasteiger partial charge in [-0.15, -0.1) is 0 Å². The molecule has 0 spiro atoms. The summed E-state index contributed by atoms with van der Waals surface area (Å²) in [7, 11) is 0. The van der Waals surface area contributed by atoms with E-state index >= 15 is 0 Å². The number of hydrogen-bond acceptors (Lipinski definition) is 3. The molecule has 1 saturated carbocycles. The zero-order valence-electron chi connectivity index (χ0n) is 10.0. The van der Waals surface area contributed by atoms with Crippen molar-refractivity contribution in [1.82, 2.24) is 5.32 Å². The van der Waals surface area contributed by atoms with Crippen molar-refractivity contribution in [2.75, 3.05) is 6.61 Å². The SMILES string of the molecule is O=C(CCC1CCCCC1)NC(CO)C(=O)O. The van der Waals surface area contributed by atoms with Gasteiger partial charge in [0.1, 0.15) is 6.04 Å². The average molecular weight is 243 g/mol. The number of aliphatic hydroxyl groups excluding tert-OH is 1. The van der Waals surface area contributed by atoms with Crippen LogP contribution in [0.3, 0.4) is 0 Å². The van der Waals surface area contributed by atoms with E-state index < -0.39 is 18.6 Å². The summed E-state index contributed by atoms with van der Waals surface area (Å²) in [6.07, 6.45) is 7.29. The minimum atomic E-state index is -1.20. The summed E-state index contributed by atoms with van der Waals surface area (Å²) in [5.41, 5.74) is 0. The van der Waals surface area contributed by atoms with Crippen molar-refractivity contribution in [3.8, 4) is 0 Å². The molecule has 0 saturated heterocycles. The van der Waals surface area contributed by atoms with Gasteiger partial charge in [0.15, 0.2) is 0 Å². The van der Waals surface area contributed by atoms with Gasteiger partial charge in [0, 0.05) is 6.42 Å². The van der Waals surface area contributed by atoms with Crippen LogP contribution < -0.4 is 5.32 Å². The molecule has 5 heteroatoms. The highest BCUT2D eigenvalue weighted by Crippen LogP contribution is 2.27. The van der Waals surface area contributed by atoms with Gasteiger partial charge in [-0.1, -0.05) is 32.1 Å². The molecule has 1 atom stereocenters. The zero-order valence-corrected chi connectivity index (χ0v) is 10.0. The Morgan fingerprint density at radius 3 is 2.41 bits per heavy atom. The second-order valence-corrected chi connectivity index (χ2v) is 4.68. The van der Waals surface area contributed by atoms with Gasteiger partial charge in [-0.2, -0.15) is 0 Å². The molecule has 0 aliphatic heterocycles. The predicted octanol–water partition coefficient (Wildman–Crippen LogP) is 0.909. The molecule has 1 aliphatic carbocycles. The van der Waals surface area contributed by atoms with Crippen molar-refractivity contribution in [3.63, 3.8) is 0 Å². The van der Waals surface area contributed by atoms with E-state index in [2.05, 4.69) is 5.32 Å². The molecule has 0 bridgehead atoms. The van der Waals surface area contributed by atoms with Crippen LogP contribution in [-0.4, -0.2) is 34.7 Å². The van der Waals surface area contributed by atoms with E-state index in [1.807, 2.05) is 0 Å². The highest BCUT2D eigenvalue weighted by atomic mass is 16.4. The number of hydrogen-bond donors (Lipinski definition) is 3. The van der Waals surface area contributed by atoms with E-state index in [1.54, 1.807) is 0 Å². The van der Waals surface area contributed by atoms with Crippen molar-refractivity contribution in [3.05, 3.63) is 0 Å². The molecular weight excluding hydrogens is 222 g/mol. The quantitative estimate of drug-likeness (QED) is 0.647. The molecule has 98 valence electrons. The summed E-state index contributed by atoms with van der Waals surface area (Å²) in [5, 5.41) is 19.7. The first-order chi connectivity index (χ1) is 8.13. The van der Waals surface area contributed by atoms with Gasteiger partial charge in [0.25, 0.3) is 0 Å². The Kier molecular flexibility index (Phi) is 5.97. The molecule has 0 aromatic rings. The van der Waals surface area contributed by atoms with Crippen molar-refractivity contribution >= 4 is 11.9 Å². The number of aliphatic carboxylic acids is 1. The molecule has 3 N–H and O–H groups in total. The lowest BCUT2D eigenvalue weighted by molar-refractivity contribution is -0.143. The topological polar surface area (TPSA) is 86.6 Å². The minimum Gasteiger partial charge on any atom is -0.480 e. The van der Waals surface area contributed by atoms with Gasteiger partial charge in [-0.3, -0.25) is 4.79 Å². The Balaban J connectivity index is 2.21. The monoisotopic (exact) mass is 243 g/mol. The summed E-state index contributed by atoms with van der Waals surface area (Å²) in [5.74, 6) is -0.873. The fraction of sp³-hybridized carbons (Fsp3) is 0.833. The van der Waals surface area contributed by atoms with Crippen LogP contribution in [0.15, 0.2) is 0 Å². The standard InChI is InChI=1S/C12H21NO4/c14-8-10(12(16)17)13-11(15)7-6-9-4-2-1-3-5-9/h9-10,14H,1-8H2,(H,13,15)(H,16,17). The molecule has 1 amide bonds. The second kappa shape index (κ2) is 7.27. The Bertz CT molecular complexity index is 261. The van der Waals surface area contributed by atoms with Crippen LogP contribution in [0.2, 0.25) is 0 Å². The van der Waals surface area contributed by atoms with Crippen LogP contribution in [0.5, 0.6) is 0 Å². The zero-order chi connectivity index (χ0) is 12.7. The van der Waals surface area contributed by atoms with Gasteiger partial charge in [-0.25, -0.2) is 4.79 Å². The smallest absolute Gasteiger partial charge is 0.328 e. The number of aliphatic hydroxyl groups is 1. The van der Waals surface area contributed by atoms with E-state index in [-0.39, 0.29) is 5.91 Å². The molecule has 17 heavy (non-hydrogen) atoms. The van der Waals surface area contributed by atoms with Gasteiger partial charge >= 0.3 is 5.97 Å². The summed E-state index contributed by atoms with van der Waals surface area (Å²) in [6, 6.07) is -1.17. The maximum atomic E-state index is 11.5. The van der Waals surface area contributed by atoms with Gasteiger partial charge in [0.2, 0.25) is 5.91 Å². The highest BCUT2D eigenvalue weighted by molar-refractivity contribution is 5.83. The molecule has 0 aromatic carbocycles. The van der Waals surface area contributed by atoms with Crippen LogP contribution >= 0.6 is 0 Å². The maximum Gasteiger partial charge on any atom is 0.328 e. The van der Waals surface area contributed by atoms with E-state index in [9.17, 15) is 9.59 Å². The maximum absolute atomic E-state index is 11.5. The summed E-state index contributed by atoms with van der Waals surface area (Å²) in [4.78, 5) is 22.1. The van der Waals surface area contributed by atoms with E-state index in [1.165, 1.54) is 32.1 Å². The number of carboxylic acids is 1. The first kappa shape index (κ1) is 14.0. The number of nitrogens with one attached hydrogen (secondary N) is 1. The third-order valence-corrected chi connectivity index (χ3v) is 3.32. The minimum absolute atomic E-state index is 0.281. The number of carboxylic acid groups (broad SMARTS) is 1. The largest absolute Gasteiger partial charge is 0.480 e. The summed E-state index contributed by atoms with van der Waals surface area (Å²) < 4.78 is 0. The normalized spacial score (nSPS) is 18.6. The Hall–Kier alpha value is -1.10. The molecule has 1 aliphatic rings. The molecule has 1 rings (SSSR count). The Morgan fingerprint density at radius 2 is 1.88 bits per heavy atom. The van der Waals surface area contributed by atoms with Crippen LogP contribution in [0, 0.1) is 5.92 Å². The molecule has 1 fully saturated rings. The first-order valence-corrected chi connectivity index (χ1v) is 6.26. The van der Waals surface area contributed by atoms with Gasteiger partial charge < -0.3 is 15.5 Å². The highest BCUT2D eigenvalue weighted by Gasteiger charge is 2.20. The van der Waals surface area contributed by atoms with E-state index in [0.29, 0.717) is 12.3 Å². The summed E-state index contributed by atoms with van der Waals surface area (Å²) >= 11 is 0. The lowest BCUT2D eigenvalue weighted by atomic mass is 9.86. The third kappa shape index (κ3) is 5.17. The predicted molar refractivity (Wildman–Crippen MR) is 62.5 cm³/mol. The molecular formula is C12H21NO4. The Morgan fingerprint density at radius 1 is 1.24 bits per heavy atom. The molecule has 0 aromatic heterocycles. The van der Waals surface area contributed by atoms with Crippen molar-refractivity contribution in [2.24, 2.45) is 5.92 Å². The Labute approximate surface area is 101 Å². The second-order valence-electron chi connectivity index (χ2n) is 4.68. The van der Waals surface area contributed by atoms with Crippen molar-refractivity contribution < 1.29 is 19.8 Å². The third-order valence-electron chi connectivity index (χ3n) is 3.32. The fourth-order valence-corrected chi connectivity index (χ4v) is 2.26. The number of carbonyl (C=O) groups is 2. The molecule has 5 nitrogen and oxygen atoms in total. The van der Waals surface area contributed by atoms with Crippen LogP contribution in [0.25, 0.3) is 0 Å².